The van der Waals surface area contributed by atoms with E-state index in [0.717, 1.165) is 11.1 Å². The van der Waals surface area contributed by atoms with Crippen LogP contribution in [0.3, 0.4) is 0 Å². The normalized spacial score (nSPS) is 13.5. The molecule has 0 unspecified atom stereocenters. The molecule has 1 aromatic rings. The molecule has 22 heavy (non-hydrogen) atoms. The van der Waals surface area contributed by atoms with Crippen LogP contribution in [0, 0.1) is 12.8 Å². The van der Waals surface area contributed by atoms with E-state index in [4.69, 9.17) is 4.74 Å². The first kappa shape index (κ1) is 18.2. The van der Waals surface area contributed by atoms with E-state index in [0.29, 0.717) is 12.8 Å². The van der Waals surface area contributed by atoms with Crippen molar-refractivity contribution in [1.29, 1.82) is 0 Å². The van der Waals surface area contributed by atoms with Crippen LogP contribution in [0.2, 0.25) is 0 Å². The average Bonchev–Trinajstić information content (AvgIpc) is 2.44. The Balaban J connectivity index is 2.77. The highest BCUT2D eigenvalue weighted by atomic mass is 16.5. The molecule has 0 spiro atoms. The summed E-state index contributed by atoms with van der Waals surface area (Å²) in [6, 6.07) is 6.89. The van der Waals surface area contributed by atoms with Gasteiger partial charge < -0.3 is 15.2 Å². The fourth-order valence-electron chi connectivity index (χ4n) is 2.23. The average molecular weight is 307 g/mol. The van der Waals surface area contributed by atoms with E-state index < -0.39 is 24.0 Å². The summed E-state index contributed by atoms with van der Waals surface area (Å²) >= 11 is 0. The Labute approximate surface area is 131 Å². The van der Waals surface area contributed by atoms with E-state index in [1.165, 1.54) is 7.11 Å². The first-order chi connectivity index (χ1) is 10.3. The maximum absolute atomic E-state index is 12.0. The van der Waals surface area contributed by atoms with E-state index in [1.54, 1.807) is 0 Å². The minimum absolute atomic E-state index is 0.189. The molecular weight excluding hydrogens is 282 g/mol. The molecule has 0 aromatic heterocycles. The molecule has 0 aliphatic rings. The highest BCUT2D eigenvalue weighted by molar-refractivity contribution is 5.87. The van der Waals surface area contributed by atoms with Gasteiger partial charge in [0.25, 0.3) is 0 Å². The lowest BCUT2D eigenvalue weighted by Gasteiger charge is -2.19. The second kappa shape index (κ2) is 8.54. The Morgan fingerprint density at radius 2 is 2.00 bits per heavy atom. The predicted molar refractivity (Wildman–Crippen MR) is 84.3 cm³/mol. The van der Waals surface area contributed by atoms with Gasteiger partial charge in [0.1, 0.15) is 12.1 Å². The maximum Gasteiger partial charge on any atom is 0.328 e. The van der Waals surface area contributed by atoms with Crippen molar-refractivity contribution in [3.8, 4) is 0 Å². The van der Waals surface area contributed by atoms with Crippen LogP contribution in [0.4, 0.5) is 0 Å². The number of rotatable bonds is 7. The van der Waals surface area contributed by atoms with Gasteiger partial charge in [-0.05, 0) is 24.8 Å². The molecule has 0 aliphatic heterocycles. The van der Waals surface area contributed by atoms with Crippen LogP contribution in [0.25, 0.3) is 0 Å². The van der Waals surface area contributed by atoms with E-state index in [9.17, 15) is 14.7 Å². The van der Waals surface area contributed by atoms with E-state index in [1.807, 2.05) is 45.0 Å². The second-order valence-corrected chi connectivity index (χ2v) is 5.92. The van der Waals surface area contributed by atoms with E-state index >= 15 is 0 Å². The Morgan fingerprint density at radius 3 is 2.55 bits per heavy atom. The quantitative estimate of drug-likeness (QED) is 0.750. The van der Waals surface area contributed by atoms with Crippen molar-refractivity contribution in [1.82, 2.24) is 5.32 Å². The summed E-state index contributed by atoms with van der Waals surface area (Å²) in [6.45, 7) is 5.80. The maximum atomic E-state index is 12.0. The molecule has 2 N–H and O–H groups in total. The number of carbonyl (C=O) groups is 2. The molecule has 1 rings (SSSR count). The SMILES string of the molecule is COC(=O)[C@@H](Cc1cccc(C)c1)NC(=O)[C@@H](O)CC(C)C. The molecule has 0 saturated carbocycles. The first-order valence-corrected chi connectivity index (χ1v) is 7.45. The molecule has 0 fully saturated rings. The molecule has 5 heteroatoms. The predicted octanol–water partition coefficient (Wildman–Crippen LogP) is 1.60. The number of esters is 1. The second-order valence-electron chi connectivity index (χ2n) is 5.92. The molecule has 1 amide bonds. The van der Waals surface area contributed by atoms with Gasteiger partial charge in [0, 0.05) is 6.42 Å². The topological polar surface area (TPSA) is 75.6 Å². The molecule has 0 aliphatic carbocycles. The highest BCUT2D eigenvalue weighted by Gasteiger charge is 2.25. The van der Waals surface area contributed by atoms with Gasteiger partial charge in [-0.2, -0.15) is 0 Å². The lowest BCUT2D eigenvalue weighted by atomic mass is 10.0. The number of aliphatic hydroxyl groups excluding tert-OH is 1. The minimum Gasteiger partial charge on any atom is -0.467 e. The monoisotopic (exact) mass is 307 g/mol. The number of aryl methyl sites for hydroxylation is 1. The van der Waals surface area contributed by atoms with Crippen molar-refractivity contribution >= 4 is 11.9 Å². The fraction of sp³-hybridized carbons (Fsp3) is 0.529. The lowest BCUT2D eigenvalue weighted by molar-refractivity contribution is -0.146. The summed E-state index contributed by atoms with van der Waals surface area (Å²) in [4.78, 5) is 23.9. The smallest absolute Gasteiger partial charge is 0.328 e. The van der Waals surface area contributed by atoms with Crippen LogP contribution in [-0.4, -0.2) is 36.2 Å². The van der Waals surface area contributed by atoms with Crippen molar-refractivity contribution in [3.63, 3.8) is 0 Å². The van der Waals surface area contributed by atoms with Crippen LogP contribution in [0.1, 0.15) is 31.4 Å². The van der Waals surface area contributed by atoms with Gasteiger partial charge in [0.15, 0.2) is 0 Å². The fourth-order valence-corrected chi connectivity index (χ4v) is 2.23. The molecule has 0 radical (unpaired) electrons. The summed E-state index contributed by atoms with van der Waals surface area (Å²) < 4.78 is 4.74. The van der Waals surface area contributed by atoms with Crippen LogP contribution >= 0.6 is 0 Å². The molecule has 0 bridgehead atoms. The minimum atomic E-state index is -1.12. The third-order valence-electron chi connectivity index (χ3n) is 3.32. The van der Waals surface area contributed by atoms with Gasteiger partial charge >= 0.3 is 5.97 Å². The van der Waals surface area contributed by atoms with Crippen LogP contribution in [-0.2, 0) is 20.7 Å². The number of carbonyl (C=O) groups excluding carboxylic acids is 2. The van der Waals surface area contributed by atoms with Gasteiger partial charge in [-0.15, -0.1) is 0 Å². The Morgan fingerprint density at radius 1 is 1.32 bits per heavy atom. The summed E-state index contributed by atoms with van der Waals surface area (Å²) in [5.74, 6) is -0.877. The molecule has 5 nitrogen and oxygen atoms in total. The Hall–Kier alpha value is -1.88. The summed E-state index contributed by atoms with van der Waals surface area (Å²) in [5.41, 5.74) is 2.00. The molecule has 2 atom stereocenters. The number of amides is 1. The zero-order chi connectivity index (χ0) is 16.7. The first-order valence-electron chi connectivity index (χ1n) is 7.45. The largest absolute Gasteiger partial charge is 0.467 e. The number of nitrogens with one attached hydrogen (secondary N) is 1. The highest BCUT2D eigenvalue weighted by Crippen LogP contribution is 2.09. The third kappa shape index (κ3) is 5.85. The van der Waals surface area contributed by atoms with Crippen molar-refractivity contribution in [2.45, 2.75) is 45.8 Å². The lowest BCUT2D eigenvalue weighted by Crippen LogP contribution is -2.47. The van der Waals surface area contributed by atoms with Gasteiger partial charge in [-0.25, -0.2) is 4.79 Å². The molecule has 122 valence electrons. The van der Waals surface area contributed by atoms with Crippen LogP contribution < -0.4 is 5.32 Å². The standard InChI is InChI=1S/C17H25NO4/c1-11(2)8-15(19)16(20)18-14(17(21)22-4)10-13-7-5-6-12(3)9-13/h5-7,9,11,14-15,19H,8,10H2,1-4H3,(H,18,20)/t14-,15+/m1/s1. The van der Waals surface area contributed by atoms with E-state index in [-0.39, 0.29) is 5.92 Å². The van der Waals surface area contributed by atoms with Gasteiger partial charge in [-0.1, -0.05) is 43.7 Å². The number of hydrogen-bond donors (Lipinski definition) is 2. The number of benzene rings is 1. The third-order valence-corrected chi connectivity index (χ3v) is 3.32. The van der Waals surface area contributed by atoms with Crippen LogP contribution in [0.5, 0.6) is 0 Å². The molecule has 0 heterocycles. The molecular formula is C17H25NO4. The summed E-state index contributed by atoms with van der Waals surface area (Å²) in [6.07, 6.45) is -0.441. The van der Waals surface area contributed by atoms with Crippen molar-refractivity contribution < 1.29 is 19.4 Å². The summed E-state index contributed by atoms with van der Waals surface area (Å²) in [7, 11) is 1.28. The number of hydrogen-bond acceptors (Lipinski definition) is 4. The van der Waals surface area contributed by atoms with Crippen molar-refractivity contribution in [2.75, 3.05) is 7.11 Å². The number of methoxy groups -OCH3 is 1. The van der Waals surface area contributed by atoms with Crippen molar-refractivity contribution in [3.05, 3.63) is 35.4 Å². The molecule has 1 aromatic carbocycles. The molecule has 0 saturated heterocycles. The zero-order valence-electron chi connectivity index (χ0n) is 13.6. The van der Waals surface area contributed by atoms with Gasteiger partial charge in [-0.3, -0.25) is 4.79 Å². The van der Waals surface area contributed by atoms with E-state index in [2.05, 4.69) is 5.32 Å². The van der Waals surface area contributed by atoms with Crippen molar-refractivity contribution in [2.24, 2.45) is 5.92 Å². The summed E-state index contributed by atoms with van der Waals surface area (Å²) in [5, 5.41) is 12.4. The van der Waals surface area contributed by atoms with Gasteiger partial charge in [0.05, 0.1) is 7.11 Å². The zero-order valence-corrected chi connectivity index (χ0v) is 13.6. The number of ether oxygens (including phenoxy) is 1. The van der Waals surface area contributed by atoms with Gasteiger partial charge in [0.2, 0.25) is 5.91 Å². The Kier molecular flexibility index (Phi) is 7.05. The Bertz CT molecular complexity index is 513. The number of aliphatic hydroxyl groups is 1. The van der Waals surface area contributed by atoms with Crippen LogP contribution in [0.15, 0.2) is 24.3 Å².